The average Bonchev–Trinajstić information content (AvgIpc) is 3.36. The molecule has 0 bridgehead atoms. The van der Waals surface area contributed by atoms with E-state index in [9.17, 15) is 24.3 Å². The minimum absolute atomic E-state index is 0.00440. The van der Waals surface area contributed by atoms with Crippen molar-refractivity contribution >= 4 is 34.6 Å². The number of hydrogen-bond donors (Lipinski definition) is 2. The quantitative estimate of drug-likeness (QED) is 0.400. The normalized spacial score (nSPS) is 20.9. The highest BCUT2D eigenvalue weighted by Gasteiger charge is 2.46. The molecule has 0 saturated heterocycles. The van der Waals surface area contributed by atoms with E-state index in [-0.39, 0.29) is 31.1 Å². The molecule has 2 N–H and O–H groups in total. The van der Waals surface area contributed by atoms with Gasteiger partial charge >= 0.3 is 11.9 Å². The molecule has 0 fully saturated rings. The summed E-state index contributed by atoms with van der Waals surface area (Å²) in [6.45, 7) is 7.66. The first-order chi connectivity index (χ1) is 17.4. The SMILES string of the molecule is CC(=O)CC[C@H]1c2coc3c4c(cc(c23)O[C@@]1(C)CCC=C(C)C)C(=O)N([C@@H](CCC(=O)O)C(=O)O)C4. The van der Waals surface area contributed by atoms with Gasteiger partial charge in [0.1, 0.15) is 28.8 Å². The highest BCUT2D eigenvalue weighted by Crippen LogP contribution is 2.52. The number of fused-ring (bicyclic) bond motifs is 2. The van der Waals surface area contributed by atoms with Crippen molar-refractivity contribution in [1.29, 1.82) is 0 Å². The van der Waals surface area contributed by atoms with Crippen LogP contribution in [0.4, 0.5) is 0 Å². The van der Waals surface area contributed by atoms with Gasteiger partial charge in [-0.25, -0.2) is 4.79 Å². The van der Waals surface area contributed by atoms with Crippen LogP contribution >= 0.6 is 0 Å². The van der Waals surface area contributed by atoms with E-state index in [1.54, 1.807) is 19.3 Å². The lowest BCUT2D eigenvalue weighted by Gasteiger charge is -2.41. The van der Waals surface area contributed by atoms with Gasteiger partial charge in [0.05, 0.1) is 23.8 Å². The van der Waals surface area contributed by atoms with Crippen LogP contribution in [0, 0.1) is 0 Å². The van der Waals surface area contributed by atoms with E-state index in [1.807, 2.05) is 20.8 Å². The number of carbonyl (C=O) groups is 4. The number of furan rings is 1. The van der Waals surface area contributed by atoms with Crippen molar-refractivity contribution in [3.63, 3.8) is 0 Å². The Morgan fingerprint density at radius 1 is 1.22 bits per heavy atom. The fourth-order valence-electron chi connectivity index (χ4n) is 5.60. The predicted octanol–water partition coefficient (Wildman–Crippen LogP) is 5.06. The van der Waals surface area contributed by atoms with Crippen LogP contribution in [-0.2, 0) is 20.9 Å². The number of carbonyl (C=O) groups excluding carboxylic acids is 2. The molecule has 0 saturated carbocycles. The third kappa shape index (κ3) is 4.99. The number of allylic oxidation sites excluding steroid dienone is 2. The number of benzene rings is 1. The average molecular weight is 512 g/mol. The molecule has 198 valence electrons. The van der Waals surface area contributed by atoms with Crippen LogP contribution in [0.1, 0.15) is 93.6 Å². The summed E-state index contributed by atoms with van der Waals surface area (Å²) in [6.07, 6.45) is 5.72. The van der Waals surface area contributed by atoms with E-state index in [0.717, 1.165) is 17.4 Å². The molecule has 9 nitrogen and oxygen atoms in total. The molecule has 3 atom stereocenters. The van der Waals surface area contributed by atoms with Crippen LogP contribution in [0.15, 0.2) is 28.4 Å². The van der Waals surface area contributed by atoms with Crippen LogP contribution in [-0.4, -0.2) is 50.4 Å². The maximum Gasteiger partial charge on any atom is 0.326 e. The molecule has 0 unspecified atom stereocenters. The molecule has 1 aromatic heterocycles. The van der Waals surface area contributed by atoms with E-state index in [0.29, 0.717) is 41.7 Å². The van der Waals surface area contributed by atoms with Crippen molar-refractivity contribution in [3.05, 3.63) is 40.7 Å². The maximum absolute atomic E-state index is 13.3. The van der Waals surface area contributed by atoms with Gasteiger partial charge in [0.2, 0.25) is 0 Å². The van der Waals surface area contributed by atoms with Gasteiger partial charge in [0.15, 0.2) is 0 Å². The smallest absolute Gasteiger partial charge is 0.326 e. The van der Waals surface area contributed by atoms with E-state index in [2.05, 4.69) is 6.08 Å². The Morgan fingerprint density at radius 2 is 1.95 bits per heavy atom. The van der Waals surface area contributed by atoms with Crippen LogP contribution < -0.4 is 4.74 Å². The molecule has 0 radical (unpaired) electrons. The van der Waals surface area contributed by atoms with Crippen molar-refractivity contribution in [2.45, 2.75) is 90.3 Å². The first-order valence-electron chi connectivity index (χ1n) is 12.6. The van der Waals surface area contributed by atoms with Crippen LogP contribution in [0.5, 0.6) is 5.75 Å². The van der Waals surface area contributed by atoms with Gasteiger partial charge in [-0.3, -0.25) is 9.59 Å². The molecule has 1 aromatic carbocycles. The third-order valence-corrected chi connectivity index (χ3v) is 7.49. The van der Waals surface area contributed by atoms with Gasteiger partial charge in [0, 0.05) is 29.9 Å². The molecule has 37 heavy (non-hydrogen) atoms. The number of aliphatic carboxylic acids is 2. The summed E-state index contributed by atoms with van der Waals surface area (Å²) in [4.78, 5) is 49.4. The number of Topliss-reactive ketones (excluding diaryl/α,β-unsaturated/α-hetero) is 1. The lowest BCUT2D eigenvalue weighted by atomic mass is 9.75. The molecule has 0 aliphatic carbocycles. The van der Waals surface area contributed by atoms with Crippen molar-refractivity contribution in [2.75, 3.05) is 0 Å². The van der Waals surface area contributed by atoms with E-state index in [1.165, 1.54) is 10.5 Å². The molecule has 2 aliphatic rings. The number of ether oxygens (including phenoxy) is 1. The second-order valence-corrected chi connectivity index (χ2v) is 10.5. The molecular weight excluding hydrogens is 478 g/mol. The largest absolute Gasteiger partial charge is 0.486 e. The first kappa shape index (κ1) is 26.4. The van der Waals surface area contributed by atoms with Gasteiger partial charge in [0.25, 0.3) is 5.91 Å². The molecule has 9 heteroatoms. The van der Waals surface area contributed by atoms with Crippen LogP contribution in [0.3, 0.4) is 0 Å². The molecular formula is C28H33NO8. The fourth-order valence-corrected chi connectivity index (χ4v) is 5.60. The van der Waals surface area contributed by atoms with E-state index < -0.39 is 29.5 Å². The minimum atomic E-state index is -1.27. The van der Waals surface area contributed by atoms with Crippen molar-refractivity contribution in [2.24, 2.45) is 0 Å². The summed E-state index contributed by atoms with van der Waals surface area (Å²) >= 11 is 0. The lowest BCUT2D eigenvalue weighted by molar-refractivity contribution is -0.143. The predicted molar refractivity (Wildman–Crippen MR) is 135 cm³/mol. The number of carboxylic acids is 2. The standard InChI is InChI=1S/C28H33NO8/c1-15(2)6-5-11-28(4)20(8-7-16(3)30)19-14-36-25-18-13-29(21(27(34)35)9-10-23(31)32)26(33)17(18)12-22(37-28)24(19)25/h6,12,14,20-21H,5,7-11,13H2,1-4H3,(H,31,32)(H,34,35)/t20-,21-,28-/m0/s1. The Labute approximate surface area is 215 Å². The monoisotopic (exact) mass is 511 g/mol. The Kier molecular flexibility index (Phi) is 7.17. The number of carboxylic acid groups (broad SMARTS) is 2. The minimum Gasteiger partial charge on any atom is -0.486 e. The zero-order valence-corrected chi connectivity index (χ0v) is 21.6. The van der Waals surface area contributed by atoms with E-state index in [4.69, 9.17) is 14.3 Å². The molecule has 4 rings (SSSR count). The third-order valence-electron chi connectivity index (χ3n) is 7.49. The summed E-state index contributed by atoms with van der Waals surface area (Å²) in [5, 5.41) is 19.5. The highest BCUT2D eigenvalue weighted by molar-refractivity contribution is 6.07. The summed E-state index contributed by atoms with van der Waals surface area (Å²) in [5.41, 5.74) is 2.82. The second-order valence-electron chi connectivity index (χ2n) is 10.5. The topological polar surface area (TPSA) is 134 Å². The van der Waals surface area contributed by atoms with Crippen molar-refractivity contribution in [3.8, 4) is 5.75 Å². The van der Waals surface area contributed by atoms with Gasteiger partial charge in [-0.2, -0.15) is 0 Å². The second kappa shape index (κ2) is 10.0. The van der Waals surface area contributed by atoms with Crippen molar-refractivity contribution < 1.29 is 38.5 Å². The maximum atomic E-state index is 13.3. The zero-order valence-electron chi connectivity index (χ0n) is 21.6. The number of rotatable bonds is 11. The number of ketones is 1. The Morgan fingerprint density at radius 3 is 2.57 bits per heavy atom. The summed E-state index contributed by atoms with van der Waals surface area (Å²) < 4.78 is 12.6. The molecule has 3 heterocycles. The number of amides is 1. The Hall–Kier alpha value is -3.62. The molecule has 0 spiro atoms. The molecule has 2 aromatic rings. The van der Waals surface area contributed by atoms with Crippen LogP contribution in [0.2, 0.25) is 0 Å². The summed E-state index contributed by atoms with van der Waals surface area (Å²) in [7, 11) is 0. The van der Waals surface area contributed by atoms with Gasteiger partial charge < -0.3 is 29.1 Å². The first-order valence-corrected chi connectivity index (χ1v) is 12.6. The van der Waals surface area contributed by atoms with Gasteiger partial charge in [-0.1, -0.05) is 11.6 Å². The van der Waals surface area contributed by atoms with E-state index >= 15 is 0 Å². The number of hydrogen-bond acceptors (Lipinski definition) is 6. The molecule has 1 amide bonds. The summed E-state index contributed by atoms with van der Waals surface area (Å²) in [5.74, 6) is -2.38. The Balaban J connectivity index is 1.75. The fraction of sp³-hybridized carbons (Fsp3) is 0.500. The summed E-state index contributed by atoms with van der Waals surface area (Å²) in [6, 6.07) is 0.391. The molecule has 2 aliphatic heterocycles. The van der Waals surface area contributed by atoms with Gasteiger partial charge in [-0.15, -0.1) is 0 Å². The zero-order chi connectivity index (χ0) is 27.1. The van der Waals surface area contributed by atoms with Crippen molar-refractivity contribution in [1.82, 2.24) is 4.90 Å². The number of nitrogens with zero attached hydrogens (tertiary/aromatic N) is 1. The Bertz CT molecular complexity index is 1300. The highest BCUT2D eigenvalue weighted by atomic mass is 16.5. The van der Waals surface area contributed by atoms with Gasteiger partial charge in [-0.05, 0) is 59.4 Å². The van der Waals surface area contributed by atoms with Crippen LogP contribution in [0.25, 0.3) is 11.0 Å². The lowest BCUT2D eigenvalue weighted by Crippen LogP contribution is -2.42.